The van der Waals surface area contributed by atoms with Crippen molar-refractivity contribution in [3.8, 4) is 0 Å². The molecule has 3 N–H and O–H groups in total. The Kier molecular flexibility index (Phi) is 5.63. The number of nitrogens with one attached hydrogen (secondary N) is 1. The molecule has 5 rings (SSSR count). The van der Waals surface area contributed by atoms with Crippen LogP contribution in [0.4, 0.5) is 11.5 Å². The SMILES string of the molecule is CN(CC(=O)Nc1ccccc1)[C@H]1CCCC(C2CCc3sc4ncnc(N)c4c32)C1. The zero-order valence-corrected chi connectivity index (χ0v) is 18.7. The number of hydrogen-bond acceptors (Lipinski definition) is 6. The largest absolute Gasteiger partial charge is 0.383 e. The molecule has 1 aromatic carbocycles. The van der Waals surface area contributed by atoms with Gasteiger partial charge in [-0.05, 0) is 68.7 Å². The van der Waals surface area contributed by atoms with E-state index in [0.717, 1.165) is 35.2 Å². The van der Waals surface area contributed by atoms with E-state index in [4.69, 9.17) is 5.73 Å². The van der Waals surface area contributed by atoms with Gasteiger partial charge in [0.1, 0.15) is 17.0 Å². The van der Waals surface area contributed by atoms with Crippen molar-refractivity contribution >= 4 is 39.0 Å². The molecule has 2 aliphatic carbocycles. The van der Waals surface area contributed by atoms with Gasteiger partial charge in [-0.15, -0.1) is 11.3 Å². The molecule has 6 nitrogen and oxygen atoms in total. The third-order valence-corrected chi connectivity index (χ3v) is 8.19. The van der Waals surface area contributed by atoms with Gasteiger partial charge in [0.15, 0.2) is 0 Å². The summed E-state index contributed by atoms with van der Waals surface area (Å²) in [4.78, 5) is 26.0. The molecule has 2 aliphatic rings. The van der Waals surface area contributed by atoms with Crippen molar-refractivity contribution < 1.29 is 4.79 Å². The maximum absolute atomic E-state index is 12.5. The molecule has 0 saturated heterocycles. The highest BCUT2D eigenvalue weighted by Gasteiger charge is 2.37. The lowest BCUT2D eigenvalue weighted by molar-refractivity contribution is -0.117. The molecule has 0 radical (unpaired) electrons. The number of nitrogens with two attached hydrogens (primary N) is 1. The van der Waals surface area contributed by atoms with Crippen LogP contribution in [0.2, 0.25) is 0 Å². The number of rotatable bonds is 5. The van der Waals surface area contributed by atoms with Crippen LogP contribution in [-0.2, 0) is 11.2 Å². The molecular formula is C24H29N5OS. The maximum atomic E-state index is 12.5. The number of nitrogen functional groups attached to an aromatic ring is 1. The van der Waals surface area contributed by atoms with Gasteiger partial charge in [-0.1, -0.05) is 24.6 Å². The fraction of sp³-hybridized carbons (Fsp3) is 0.458. The first kappa shape index (κ1) is 20.4. The third kappa shape index (κ3) is 4.04. The molecule has 1 saturated carbocycles. The number of amides is 1. The quantitative estimate of drug-likeness (QED) is 0.619. The molecule has 2 unspecified atom stereocenters. The monoisotopic (exact) mass is 435 g/mol. The Morgan fingerprint density at radius 2 is 2.06 bits per heavy atom. The van der Waals surface area contributed by atoms with Crippen molar-refractivity contribution in [1.29, 1.82) is 0 Å². The molecule has 0 aliphatic heterocycles. The van der Waals surface area contributed by atoms with E-state index in [2.05, 4.69) is 27.2 Å². The molecule has 1 fully saturated rings. The summed E-state index contributed by atoms with van der Waals surface area (Å²) < 4.78 is 0. The average Bonchev–Trinajstić information content (AvgIpc) is 3.34. The third-order valence-electron chi connectivity index (χ3n) is 7.01. The second-order valence-corrected chi connectivity index (χ2v) is 10.0. The van der Waals surface area contributed by atoms with E-state index < -0.39 is 0 Å². The molecule has 162 valence electrons. The zero-order valence-electron chi connectivity index (χ0n) is 17.9. The van der Waals surface area contributed by atoms with Gasteiger partial charge in [-0.2, -0.15) is 0 Å². The average molecular weight is 436 g/mol. The Bertz CT molecular complexity index is 1080. The summed E-state index contributed by atoms with van der Waals surface area (Å²) in [5, 5.41) is 4.11. The van der Waals surface area contributed by atoms with Gasteiger partial charge in [-0.25, -0.2) is 9.97 Å². The highest BCUT2D eigenvalue weighted by molar-refractivity contribution is 7.19. The molecule has 3 aromatic rings. The second-order valence-electron chi connectivity index (χ2n) is 8.93. The number of carbonyl (C=O) groups is 1. The lowest BCUT2D eigenvalue weighted by atomic mass is 9.75. The Balaban J connectivity index is 1.27. The fourth-order valence-corrected chi connectivity index (χ4v) is 6.78. The Morgan fingerprint density at radius 3 is 2.90 bits per heavy atom. The van der Waals surface area contributed by atoms with Gasteiger partial charge >= 0.3 is 0 Å². The molecule has 0 spiro atoms. The van der Waals surface area contributed by atoms with Crippen molar-refractivity contribution in [2.75, 3.05) is 24.6 Å². The van der Waals surface area contributed by atoms with Crippen molar-refractivity contribution in [1.82, 2.24) is 14.9 Å². The van der Waals surface area contributed by atoms with Crippen LogP contribution >= 0.6 is 11.3 Å². The topological polar surface area (TPSA) is 84.1 Å². The molecule has 0 bridgehead atoms. The van der Waals surface area contributed by atoms with E-state index in [-0.39, 0.29) is 5.91 Å². The van der Waals surface area contributed by atoms with Crippen LogP contribution in [0.5, 0.6) is 0 Å². The van der Waals surface area contributed by atoms with Crippen LogP contribution < -0.4 is 11.1 Å². The predicted octanol–water partition coefficient (Wildman–Crippen LogP) is 4.43. The van der Waals surface area contributed by atoms with Gasteiger partial charge < -0.3 is 11.1 Å². The van der Waals surface area contributed by atoms with Gasteiger partial charge in [0.2, 0.25) is 5.91 Å². The number of aromatic nitrogens is 2. The summed E-state index contributed by atoms with van der Waals surface area (Å²) >= 11 is 1.79. The number of nitrogens with zero attached hydrogens (tertiary/aromatic N) is 3. The van der Waals surface area contributed by atoms with Crippen molar-refractivity contribution in [2.24, 2.45) is 5.92 Å². The normalized spacial score (nSPS) is 23.2. The zero-order chi connectivity index (χ0) is 21.4. The minimum atomic E-state index is 0.0488. The van der Waals surface area contributed by atoms with Crippen molar-refractivity contribution in [3.05, 3.63) is 47.1 Å². The van der Waals surface area contributed by atoms with Crippen molar-refractivity contribution in [3.63, 3.8) is 0 Å². The van der Waals surface area contributed by atoms with Crippen LogP contribution in [0.1, 0.15) is 48.5 Å². The Labute approximate surface area is 186 Å². The summed E-state index contributed by atoms with van der Waals surface area (Å²) in [5.41, 5.74) is 8.54. The lowest BCUT2D eigenvalue weighted by Gasteiger charge is -2.37. The Morgan fingerprint density at radius 1 is 1.23 bits per heavy atom. The number of hydrogen-bond donors (Lipinski definition) is 2. The molecule has 3 atom stereocenters. The summed E-state index contributed by atoms with van der Waals surface area (Å²) in [5.74, 6) is 1.83. The first-order valence-electron chi connectivity index (χ1n) is 11.2. The highest BCUT2D eigenvalue weighted by atomic mass is 32.1. The smallest absolute Gasteiger partial charge is 0.238 e. The molecule has 1 amide bonds. The van der Waals surface area contributed by atoms with Gasteiger partial charge in [-0.3, -0.25) is 9.69 Å². The van der Waals surface area contributed by atoms with E-state index in [1.165, 1.54) is 29.7 Å². The molecule has 2 aromatic heterocycles. The van der Waals surface area contributed by atoms with E-state index in [1.54, 1.807) is 17.7 Å². The fourth-order valence-electron chi connectivity index (χ4n) is 5.55. The highest BCUT2D eigenvalue weighted by Crippen LogP contribution is 2.50. The summed E-state index contributed by atoms with van der Waals surface area (Å²) in [6, 6.07) is 10.1. The lowest BCUT2D eigenvalue weighted by Crippen LogP contribution is -2.41. The van der Waals surface area contributed by atoms with Crippen LogP contribution in [-0.4, -0.2) is 40.4 Å². The van der Waals surface area contributed by atoms with E-state index in [9.17, 15) is 4.79 Å². The standard InChI is InChI=1S/C24H29N5OS/c1-29(13-20(30)28-16-7-3-2-4-8-16)17-9-5-6-15(12-17)18-10-11-19-21(18)22-23(25)26-14-27-24(22)31-19/h2-4,7-8,14-15,17-18H,5-6,9-13H2,1H3,(H,28,30)(H2,25,26,27)/t15?,17-,18?/m0/s1. The number of thiophene rings is 1. The van der Waals surface area contributed by atoms with E-state index in [1.807, 2.05) is 30.3 Å². The van der Waals surface area contributed by atoms with Gasteiger partial charge in [0.05, 0.1) is 11.9 Å². The van der Waals surface area contributed by atoms with Crippen LogP contribution in [0, 0.1) is 5.92 Å². The summed E-state index contributed by atoms with van der Waals surface area (Å²) in [6.45, 7) is 0.421. The first-order chi connectivity index (χ1) is 15.1. The Hall–Kier alpha value is -2.51. The number of fused-ring (bicyclic) bond motifs is 3. The summed E-state index contributed by atoms with van der Waals surface area (Å²) in [7, 11) is 2.09. The number of benzene rings is 1. The molecule has 2 heterocycles. The second kappa shape index (κ2) is 8.55. The van der Waals surface area contributed by atoms with Crippen molar-refractivity contribution in [2.45, 2.75) is 50.5 Å². The first-order valence-corrected chi connectivity index (χ1v) is 12.0. The van der Waals surface area contributed by atoms with E-state index in [0.29, 0.717) is 30.2 Å². The van der Waals surface area contributed by atoms with Crippen LogP contribution in [0.15, 0.2) is 36.7 Å². The van der Waals surface area contributed by atoms with Crippen LogP contribution in [0.3, 0.4) is 0 Å². The number of likely N-dealkylation sites (N-methyl/N-ethyl adjacent to an activating group) is 1. The minimum absolute atomic E-state index is 0.0488. The number of aryl methyl sites for hydroxylation is 1. The predicted molar refractivity (Wildman–Crippen MR) is 126 cm³/mol. The van der Waals surface area contributed by atoms with E-state index >= 15 is 0 Å². The van der Waals surface area contributed by atoms with Gasteiger partial charge in [0, 0.05) is 16.6 Å². The molecule has 31 heavy (non-hydrogen) atoms. The molecular weight excluding hydrogens is 406 g/mol. The summed E-state index contributed by atoms with van der Waals surface area (Å²) in [6.07, 6.45) is 8.63. The molecule has 7 heteroatoms. The number of anilines is 2. The van der Waals surface area contributed by atoms with Crippen LogP contribution in [0.25, 0.3) is 10.2 Å². The number of para-hydroxylation sites is 1. The number of carbonyl (C=O) groups excluding carboxylic acids is 1. The minimum Gasteiger partial charge on any atom is -0.383 e. The van der Waals surface area contributed by atoms with Gasteiger partial charge in [0.25, 0.3) is 0 Å². The maximum Gasteiger partial charge on any atom is 0.238 e.